The molecule has 2 saturated heterocycles. The monoisotopic (exact) mass is 311 g/mol. The molecule has 23 heavy (non-hydrogen) atoms. The SMILES string of the molecule is c1ccc(O[C@@H]2CCN(Cc3ccncc3)[C@H]3CCO[C@H]23)nc1. The Labute approximate surface area is 136 Å². The highest BCUT2D eigenvalue weighted by molar-refractivity contribution is 5.13. The fraction of sp³-hybridized carbons (Fsp3) is 0.444. The summed E-state index contributed by atoms with van der Waals surface area (Å²) in [5.41, 5.74) is 1.30. The van der Waals surface area contributed by atoms with Crippen LogP contribution in [0.4, 0.5) is 0 Å². The number of pyridine rings is 2. The third kappa shape index (κ3) is 3.21. The van der Waals surface area contributed by atoms with Gasteiger partial charge in [-0.25, -0.2) is 4.98 Å². The van der Waals surface area contributed by atoms with E-state index >= 15 is 0 Å². The van der Waals surface area contributed by atoms with Gasteiger partial charge < -0.3 is 9.47 Å². The number of aromatic nitrogens is 2. The topological polar surface area (TPSA) is 47.5 Å². The molecule has 2 aliphatic rings. The largest absolute Gasteiger partial charge is 0.471 e. The van der Waals surface area contributed by atoms with Crippen LogP contribution in [0, 0.1) is 0 Å². The quantitative estimate of drug-likeness (QED) is 0.867. The number of hydrogen-bond donors (Lipinski definition) is 0. The Morgan fingerprint density at radius 1 is 1.13 bits per heavy atom. The van der Waals surface area contributed by atoms with E-state index in [9.17, 15) is 0 Å². The number of hydrogen-bond acceptors (Lipinski definition) is 5. The second-order valence-electron chi connectivity index (χ2n) is 6.13. The van der Waals surface area contributed by atoms with Crippen molar-refractivity contribution in [3.05, 3.63) is 54.5 Å². The lowest BCUT2D eigenvalue weighted by Gasteiger charge is -2.40. The van der Waals surface area contributed by atoms with Crippen molar-refractivity contribution in [2.24, 2.45) is 0 Å². The van der Waals surface area contributed by atoms with Gasteiger partial charge in [-0.1, -0.05) is 6.07 Å². The fourth-order valence-corrected chi connectivity index (χ4v) is 3.59. The summed E-state index contributed by atoms with van der Waals surface area (Å²) in [6.07, 6.45) is 7.73. The highest BCUT2D eigenvalue weighted by atomic mass is 16.5. The minimum Gasteiger partial charge on any atom is -0.471 e. The molecule has 3 atom stereocenters. The Bertz CT molecular complexity index is 567. The Balaban J connectivity index is 1.45. The van der Waals surface area contributed by atoms with Gasteiger partial charge in [-0.2, -0.15) is 0 Å². The first kappa shape index (κ1) is 14.6. The third-order valence-corrected chi connectivity index (χ3v) is 4.68. The van der Waals surface area contributed by atoms with Crippen molar-refractivity contribution >= 4 is 0 Å². The average Bonchev–Trinajstić information content (AvgIpc) is 3.09. The highest BCUT2D eigenvalue weighted by Gasteiger charge is 2.43. The van der Waals surface area contributed by atoms with Crippen molar-refractivity contribution in [3.8, 4) is 5.88 Å². The van der Waals surface area contributed by atoms with Gasteiger partial charge in [0.15, 0.2) is 0 Å². The third-order valence-electron chi connectivity index (χ3n) is 4.68. The van der Waals surface area contributed by atoms with Gasteiger partial charge in [0.25, 0.3) is 0 Å². The summed E-state index contributed by atoms with van der Waals surface area (Å²) in [4.78, 5) is 10.9. The summed E-state index contributed by atoms with van der Waals surface area (Å²) in [6.45, 7) is 2.78. The summed E-state index contributed by atoms with van der Waals surface area (Å²) in [5.74, 6) is 0.689. The Morgan fingerprint density at radius 3 is 2.87 bits per heavy atom. The summed E-state index contributed by atoms with van der Waals surface area (Å²) in [7, 11) is 0. The number of ether oxygens (including phenoxy) is 2. The number of likely N-dealkylation sites (tertiary alicyclic amines) is 1. The molecule has 0 unspecified atom stereocenters. The van der Waals surface area contributed by atoms with Crippen LogP contribution in [-0.4, -0.2) is 46.3 Å². The fourth-order valence-electron chi connectivity index (χ4n) is 3.59. The van der Waals surface area contributed by atoms with Crippen LogP contribution < -0.4 is 4.74 Å². The maximum Gasteiger partial charge on any atom is 0.213 e. The molecule has 2 aromatic heterocycles. The van der Waals surface area contributed by atoms with Gasteiger partial charge in [-0.15, -0.1) is 0 Å². The Morgan fingerprint density at radius 2 is 2.04 bits per heavy atom. The smallest absolute Gasteiger partial charge is 0.213 e. The molecule has 2 aromatic rings. The standard InChI is InChI=1S/C18H21N3O2/c1-2-8-20-17(3-1)23-16-6-11-21(15-7-12-22-18(15)16)13-14-4-9-19-10-5-14/h1-5,8-10,15-16,18H,6-7,11-13H2/t15-,16+,18-/m0/s1. The molecule has 0 bridgehead atoms. The molecule has 0 aliphatic carbocycles. The Hall–Kier alpha value is -1.98. The van der Waals surface area contributed by atoms with E-state index in [1.807, 2.05) is 30.6 Å². The van der Waals surface area contributed by atoms with Gasteiger partial charge in [0.1, 0.15) is 12.2 Å². The molecule has 0 radical (unpaired) electrons. The Kier molecular flexibility index (Phi) is 4.22. The average molecular weight is 311 g/mol. The van der Waals surface area contributed by atoms with E-state index in [1.165, 1.54) is 5.56 Å². The van der Waals surface area contributed by atoms with Crippen LogP contribution in [0.1, 0.15) is 18.4 Å². The van der Waals surface area contributed by atoms with Crippen LogP contribution in [0.2, 0.25) is 0 Å². The van der Waals surface area contributed by atoms with E-state index in [0.29, 0.717) is 11.9 Å². The van der Waals surface area contributed by atoms with Crippen molar-refractivity contribution in [2.45, 2.75) is 37.6 Å². The minimum absolute atomic E-state index is 0.0890. The van der Waals surface area contributed by atoms with Crippen molar-refractivity contribution in [1.82, 2.24) is 14.9 Å². The second kappa shape index (κ2) is 6.64. The van der Waals surface area contributed by atoms with Gasteiger partial charge >= 0.3 is 0 Å². The minimum atomic E-state index is 0.0890. The molecule has 4 rings (SSSR count). The van der Waals surface area contributed by atoms with E-state index in [2.05, 4.69) is 27.0 Å². The van der Waals surface area contributed by atoms with Crippen molar-refractivity contribution in [1.29, 1.82) is 0 Å². The lowest BCUT2D eigenvalue weighted by molar-refractivity contribution is -0.0572. The van der Waals surface area contributed by atoms with Gasteiger partial charge in [0, 0.05) is 50.4 Å². The first-order valence-electron chi connectivity index (χ1n) is 8.22. The number of rotatable bonds is 4. The molecule has 5 nitrogen and oxygen atoms in total. The zero-order chi connectivity index (χ0) is 15.5. The van der Waals surface area contributed by atoms with Crippen LogP contribution in [-0.2, 0) is 11.3 Å². The first-order valence-corrected chi connectivity index (χ1v) is 8.22. The maximum absolute atomic E-state index is 6.09. The molecule has 4 heterocycles. The van der Waals surface area contributed by atoms with E-state index in [0.717, 1.165) is 32.5 Å². The normalized spacial score (nSPS) is 27.6. The van der Waals surface area contributed by atoms with E-state index in [1.54, 1.807) is 6.20 Å². The predicted octanol–water partition coefficient (Wildman–Crippen LogP) is 2.29. The van der Waals surface area contributed by atoms with Crippen molar-refractivity contribution < 1.29 is 9.47 Å². The lowest BCUT2D eigenvalue weighted by Crippen LogP contribution is -2.53. The summed E-state index contributed by atoms with van der Waals surface area (Å²) < 4.78 is 12.1. The molecule has 120 valence electrons. The van der Waals surface area contributed by atoms with Crippen LogP contribution in [0.25, 0.3) is 0 Å². The predicted molar refractivity (Wildman–Crippen MR) is 86.1 cm³/mol. The molecule has 2 aliphatic heterocycles. The van der Waals surface area contributed by atoms with Crippen LogP contribution >= 0.6 is 0 Å². The summed E-state index contributed by atoms with van der Waals surface area (Å²) in [5, 5.41) is 0. The second-order valence-corrected chi connectivity index (χ2v) is 6.13. The van der Waals surface area contributed by atoms with E-state index in [-0.39, 0.29) is 12.2 Å². The molecule has 0 aromatic carbocycles. The number of fused-ring (bicyclic) bond motifs is 1. The zero-order valence-corrected chi connectivity index (χ0v) is 13.0. The molecule has 0 spiro atoms. The van der Waals surface area contributed by atoms with Gasteiger partial charge in [0.05, 0.1) is 0 Å². The molecular formula is C18H21N3O2. The highest BCUT2D eigenvalue weighted by Crippen LogP contribution is 2.31. The van der Waals surface area contributed by atoms with Crippen LogP contribution in [0.3, 0.4) is 0 Å². The number of nitrogens with zero attached hydrogens (tertiary/aromatic N) is 3. The lowest BCUT2D eigenvalue weighted by atomic mass is 9.95. The molecule has 0 N–H and O–H groups in total. The molecule has 0 amide bonds. The maximum atomic E-state index is 6.09. The van der Waals surface area contributed by atoms with Crippen molar-refractivity contribution in [2.75, 3.05) is 13.2 Å². The molecule has 5 heteroatoms. The van der Waals surface area contributed by atoms with E-state index < -0.39 is 0 Å². The first-order chi connectivity index (χ1) is 11.4. The number of piperidine rings is 1. The zero-order valence-electron chi connectivity index (χ0n) is 13.0. The van der Waals surface area contributed by atoms with E-state index in [4.69, 9.17) is 9.47 Å². The summed E-state index contributed by atoms with van der Waals surface area (Å²) >= 11 is 0. The van der Waals surface area contributed by atoms with Gasteiger partial charge in [-0.05, 0) is 36.6 Å². The molecular weight excluding hydrogens is 290 g/mol. The van der Waals surface area contributed by atoms with Gasteiger partial charge in [0.2, 0.25) is 5.88 Å². The van der Waals surface area contributed by atoms with Crippen LogP contribution in [0.5, 0.6) is 5.88 Å². The van der Waals surface area contributed by atoms with Crippen LogP contribution in [0.15, 0.2) is 48.9 Å². The molecule has 2 fully saturated rings. The summed E-state index contributed by atoms with van der Waals surface area (Å²) in [6, 6.07) is 10.4. The van der Waals surface area contributed by atoms with Gasteiger partial charge in [-0.3, -0.25) is 9.88 Å². The van der Waals surface area contributed by atoms with Crippen molar-refractivity contribution in [3.63, 3.8) is 0 Å². The molecule has 0 saturated carbocycles.